The Morgan fingerprint density at radius 2 is 1.70 bits per heavy atom. The van der Waals surface area contributed by atoms with Crippen LogP contribution in [0.25, 0.3) is 0 Å². The van der Waals surface area contributed by atoms with Gasteiger partial charge in [-0.2, -0.15) is 0 Å². The highest BCUT2D eigenvalue weighted by molar-refractivity contribution is 6.32. The van der Waals surface area contributed by atoms with Crippen molar-refractivity contribution >= 4 is 41.0 Å². The fourth-order valence-electron chi connectivity index (χ4n) is 6.88. The van der Waals surface area contributed by atoms with Crippen molar-refractivity contribution in [2.24, 2.45) is 29.4 Å². The van der Waals surface area contributed by atoms with E-state index in [0.29, 0.717) is 12.0 Å². The second-order valence-corrected chi connectivity index (χ2v) is 11.6. The summed E-state index contributed by atoms with van der Waals surface area (Å²) in [5.41, 5.74) is 2.42. The van der Waals surface area contributed by atoms with Crippen LogP contribution in [0.5, 0.6) is 5.75 Å². The molecule has 13 heteroatoms. The molecule has 1 aromatic carbocycles. The summed E-state index contributed by atoms with van der Waals surface area (Å²) in [6.45, 7) is 3.73. The normalized spacial score (nSPS) is 31.6. The number of aromatic hydroxyl groups is 1. The van der Waals surface area contributed by atoms with Crippen LogP contribution in [0.3, 0.4) is 0 Å². The van der Waals surface area contributed by atoms with Gasteiger partial charge in [0.05, 0.1) is 42.9 Å². The van der Waals surface area contributed by atoms with Crippen LogP contribution in [0.1, 0.15) is 61.4 Å². The van der Waals surface area contributed by atoms with Gasteiger partial charge in [-0.05, 0) is 38.1 Å². The minimum Gasteiger partial charge on any atom is -0.507 e. The molecule has 3 aliphatic rings. The van der Waals surface area contributed by atoms with Crippen molar-refractivity contribution < 1.29 is 53.2 Å². The molecular formula is C30H36N2O11. The monoisotopic (exact) mass is 600 g/mol. The Balaban J connectivity index is 1.84. The van der Waals surface area contributed by atoms with Gasteiger partial charge >= 0.3 is 11.9 Å². The predicted molar refractivity (Wildman–Crippen MR) is 146 cm³/mol. The molecule has 2 saturated carbocycles. The minimum absolute atomic E-state index is 0.176. The van der Waals surface area contributed by atoms with E-state index in [9.17, 15) is 43.8 Å². The van der Waals surface area contributed by atoms with Crippen molar-refractivity contribution in [3.8, 4) is 5.75 Å². The number of benzene rings is 1. The van der Waals surface area contributed by atoms with Gasteiger partial charge in [-0.25, -0.2) is 0 Å². The van der Waals surface area contributed by atoms with Crippen molar-refractivity contribution in [2.45, 2.75) is 63.2 Å². The van der Waals surface area contributed by atoms with Crippen LogP contribution in [0.2, 0.25) is 0 Å². The summed E-state index contributed by atoms with van der Waals surface area (Å²) in [5.74, 6) is -15.7. The Morgan fingerprint density at radius 3 is 2.30 bits per heavy atom. The van der Waals surface area contributed by atoms with Gasteiger partial charge in [0.2, 0.25) is 5.91 Å². The third-order valence-electron chi connectivity index (χ3n) is 8.89. The summed E-state index contributed by atoms with van der Waals surface area (Å²) < 4.78 is 10.9. The molecule has 0 bridgehead atoms. The number of likely N-dealkylation sites (N-methyl/N-ethyl adjacent to an activating group) is 1. The number of phenols is 1. The van der Waals surface area contributed by atoms with Gasteiger partial charge in [0.15, 0.2) is 34.7 Å². The molecule has 0 saturated heterocycles. The lowest BCUT2D eigenvalue weighted by Crippen LogP contribution is -2.78. The standard InChI is InChI=1S/C30H36N2O11/c1-5-6-12-42-16(34)10-11-17(35)43-26-18-13(2)14-8-7-9-15(33)19(14)24(36)20(18)27(38)30(41)22(26)23(32(3)4)25(37)21(28(30)39)29(31)40/h7-9,13,18,20-23,26,33,41H,5-6,10-12H2,1-4H3,(H2,31,40)/t13-,18+,20?,21?,22+,23-,26-,30-/m0/s1. The van der Waals surface area contributed by atoms with Gasteiger partial charge in [-0.15, -0.1) is 0 Å². The van der Waals surface area contributed by atoms with E-state index in [4.69, 9.17) is 15.2 Å². The molecule has 1 amide bonds. The number of carbonyl (C=O) groups is 7. The molecule has 1 aromatic rings. The topological polar surface area (TPSA) is 208 Å². The van der Waals surface area contributed by atoms with E-state index in [1.54, 1.807) is 13.0 Å². The van der Waals surface area contributed by atoms with Crippen LogP contribution < -0.4 is 5.73 Å². The molecule has 4 rings (SSSR count). The first-order valence-electron chi connectivity index (χ1n) is 14.2. The lowest BCUT2D eigenvalue weighted by atomic mass is 9.49. The Bertz CT molecular complexity index is 1390. The van der Waals surface area contributed by atoms with Crippen LogP contribution in [-0.4, -0.2) is 94.5 Å². The zero-order valence-corrected chi connectivity index (χ0v) is 24.4. The summed E-state index contributed by atoms with van der Waals surface area (Å²) in [5, 5.41) is 22.5. The number of rotatable bonds is 9. The number of carbonyl (C=O) groups excluding carboxylic acids is 7. The highest BCUT2D eigenvalue weighted by Gasteiger charge is 2.74. The number of aliphatic hydroxyl groups is 1. The van der Waals surface area contributed by atoms with Gasteiger partial charge in [0, 0.05) is 5.92 Å². The first-order valence-corrected chi connectivity index (χ1v) is 14.2. The van der Waals surface area contributed by atoms with E-state index < -0.39 is 100 Å². The molecule has 0 radical (unpaired) electrons. The summed E-state index contributed by atoms with van der Waals surface area (Å²) in [7, 11) is 2.84. The Labute approximate surface area is 247 Å². The number of ether oxygens (including phenoxy) is 2. The Kier molecular flexibility index (Phi) is 8.89. The van der Waals surface area contributed by atoms with E-state index in [0.717, 1.165) is 6.42 Å². The Morgan fingerprint density at radius 1 is 1.05 bits per heavy atom. The van der Waals surface area contributed by atoms with Crippen LogP contribution in [-0.2, 0) is 38.2 Å². The van der Waals surface area contributed by atoms with Crippen LogP contribution >= 0.6 is 0 Å². The second kappa shape index (κ2) is 12.0. The van der Waals surface area contributed by atoms with Crippen molar-refractivity contribution in [1.82, 2.24) is 4.90 Å². The van der Waals surface area contributed by atoms with Crippen molar-refractivity contribution in [3.63, 3.8) is 0 Å². The SMILES string of the molecule is CCCCOC(=O)CCC(=O)O[C@H]1[C@H]2C(C(=O)c3c(O)cccc3[C@@H]2C)C(=O)[C@]2(O)C(=O)C(C(N)=O)C(=O)[C@@H](N(C)C)[C@H]12. The molecule has 0 heterocycles. The van der Waals surface area contributed by atoms with E-state index in [-0.39, 0.29) is 18.6 Å². The predicted octanol–water partition coefficient (Wildman–Crippen LogP) is 0.0732. The summed E-state index contributed by atoms with van der Waals surface area (Å²) in [6.07, 6.45) is -0.961. The number of hydrogen-bond donors (Lipinski definition) is 3. The molecule has 0 aliphatic heterocycles. The number of hydrogen-bond acceptors (Lipinski definition) is 12. The Hall–Kier alpha value is -3.97. The molecule has 2 unspecified atom stereocenters. The number of nitrogens with zero attached hydrogens (tertiary/aromatic N) is 1. The summed E-state index contributed by atoms with van der Waals surface area (Å²) >= 11 is 0. The van der Waals surface area contributed by atoms with E-state index in [1.165, 1.54) is 31.1 Å². The minimum atomic E-state index is -3.12. The number of unbranched alkanes of at least 4 members (excludes halogenated alkanes) is 1. The van der Waals surface area contributed by atoms with Gasteiger partial charge in [0.25, 0.3) is 0 Å². The molecule has 232 valence electrons. The number of ketones is 4. The number of fused-ring (bicyclic) bond motifs is 3. The van der Waals surface area contributed by atoms with Crippen LogP contribution in [0, 0.1) is 23.7 Å². The average Bonchev–Trinajstić information content (AvgIpc) is 2.93. The molecule has 4 N–H and O–H groups in total. The summed E-state index contributed by atoms with van der Waals surface area (Å²) in [4.78, 5) is 94.2. The molecule has 0 spiro atoms. The fraction of sp³-hybridized carbons (Fsp3) is 0.567. The number of esters is 2. The van der Waals surface area contributed by atoms with E-state index in [2.05, 4.69) is 0 Å². The lowest BCUT2D eigenvalue weighted by molar-refractivity contribution is -0.205. The second-order valence-electron chi connectivity index (χ2n) is 11.6. The zero-order chi connectivity index (χ0) is 32.0. The van der Waals surface area contributed by atoms with E-state index in [1.807, 2.05) is 6.92 Å². The third-order valence-corrected chi connectivity index (χ3v) is 8.89. The largest absolute Gasteiger partial charge is 0.507 e. The van der Waals surface area contributed by atoms with Crippen molar-refractivity contribution in [2.75, 3.05) is 20.7 Å². The van der Waals surface area contributed by atoms with Gasteiger partial charge in [-0.3, -0.25) is 38.5 Å². The molecular weight excluding hydrogens is 564 g/mol. The molecule has 43 heavy (non-hydrogen) atoms. The first kappa shape index (κ1) is 32.0. The van der Waals surface area contributed by atoms with E-state index >= 15 is 0 Å². The smallest absolute Gasteiger partial charge is 0.306 e. The van der Waals surface area contributed by atoms with Crippen molar-refractivity contribution in [3.05, 3.63) is 29.3 Å². The molecule has 0 aromatic heterocycles. The number of phenolic OH excluding ortho intramolecular Hbond substituents is 1. The maximum Gasteiger partial charge on any atom is 0.306 e. The molecule has 3 aliphatic carbocycles. The highest BCUT2D eigenvalue weighted by Crippen LogP contribution is 2.55. The summed E-state index contributed by atoms with van der Waals surface area (Å²) in [6, 6.07) is 2.81. The maximum atomic E-state index is 14.2. The third kappa shape index (κ3) is 5.14. The lowest BCUT2D eigenvalue weighted by Gasteiger charge is -2.56. The fourth-order valence-corrected chi connectivity index (χ4v) is 6.88. The highest BCUT2D eigenvalue weighted by atomic mass is 16.5. The molecule has 8 atom stereocenters. The number of nitrogens with two attached hydrogens (primary N) is 1. The number of amides is 1. The maximum absolute atomic E-state index is 14.2. The average molecular weight is 601 g/mol. The van der Waals surface area contributed by atoms with Gasteiger partial charge < -0.3 is 25.4 Å². The van der Waals surface area contributed by atoms with Gasteiger partial charge in [-0.1, -0.05) is 32.4 Å². The quantitative estimate of drug-likeness (QED) is 0.196. The van der Waals surface area contributed by atoms with Crippen molar-refractivity contribution in [1.29, 1.82) is 0 Å². The van der Waals surface area contributed by atoms with Crippen LogP contribution in [0.15, 0.2) is 18.2 Å². The first-order chi connectivity index (χ1) is 20.2. The zero-order valence-electron chi connectivity index (χ0n) is 24.4. The molecule has 13 nitrogen and oxygen atoms in total. The van der Waals surface area contributed by atoms with Crippen LogP contribution in [0.4, 0.5) is 0 Å². The molecule has 2 fully saturated rings. The number of primary amides is 1. The number of Topliss-reactive ketones (excluding diaryl/α,β-unsaturated/α-hetero) is 4. The van der Waals surface area contributed by atoms with Gasteiger partial charge in [0.1, 0.15) is 11.9 Å².